The van der Waals surface area contributed by atoms with Crippen molar-refractivity contribution in [3.8, 4) is 0 Å². The van der Waals surface area contributed by atoms with Gasteiger partial charge in [0.2, 0.25) is 11.8 Å². The molecule has 1 aromatic heterocycles. The van der Waals surface area contributed by atoms with Crippen molar-refractivity contribution in [1.29, 1.82) is 0 Å². The van der Waals surface area contributed by atoms with Crippen molar-refractivity contribution < 1.29 is 14.4 Å². The number of aromatic nitrogens is 1. The molecule has 3 amide bonds. The van der Waals surface area contributed by atoms with Gasteiger partial charge in [-0.1, -0.05) is 6.07 Å². The summed E-state index contributed by atoms with van der Waals surface area (Å²) in [6.45, 7) is 0.944. The van der Waals surface area contributed by atoms with Crippen molar-refractivity contribution in [1.82, 2.24) is 10.3 Å². The summed E-state index contributed by atoms with van der Waals surface area (Å²) >= 11 is 0. The molecule has 26 heavy (non-hydrogen) atoms. The van der Waals surface area contributed by atoms with Crippen LogP contribution in [0.5, 0.6) is 0 Å². The van der Waals surface area contributed by atoms with Crippen molar-refractivity contribution >= 4 is 29.2 Å². The molecule has 1 saturated heterocycles. The van der Waals surface area contributed by atoms with Crippen LogP contribution in [0.15, 0.2) is 48.7 Å². The third-order valence-corrected chi connectivity index (χ3v) is 4.08. The molecule has 0 bridgehead atoms. The monoisotopic (exact) mass is 352 g/mol. The van der Waals surface area contributed by atoms with E-state index in [1.54, 1.807) is 53.6 Å². The standard InChI is InChI=1S/C19H20N4O3/c24-17(22-16-4-1-2-11-20-16)10-12-21-19(26)14-6-8-15(9-7-14)23-13-3-5-18(23)25/h1-2,4,6-9,11H,3,5,10,12-13H2,(H,21,26)(H,20,22,24). The van der Waals surface area contributed by atoms with Gasteiger partial charge in [-0.15, -0.1) is 0 Å². The smallest absolute Gasteiger partial charge is 0.251 e. The summed E-state index contributed by atoms with van der Waals surface area (Å²) in [5, 5.41) is 5.37. The number of pyridine rings is 1. The average Bonchev–Trinajstić information content (AvgIpc) is 3.08. The normalized spacial score (nSPS) is 13.5. The number of hydrogen-bond acceptors (Lipinski definition) is 4. The van der Waals surface area contributed by atoms with Gasteiger partial charge in [-0.05, 0) is 42.8 Å². The molecule has 0 saturated carbocycles. The number of carbonyl (C=O) groups excluding carboxylic acids is 3. The van der Waals surface area contributed by atoms with E-state index in [1.165, 1.54) is 0 Å². The highest BCUT2D eigenvalue weighted by Gasteiger charge is 2.21. The number of benzene rings is 1. The Morgan fingerprint density at radius 1 is 1.12 bits per heavy atom. The summed E-state index contributed by atoms with van der Waals surface area (Å²) in [6, 6.07) is 12.2. The van der Waals surface area contributed by atoms with Crippen LogP contribution in [-0.4, -0.2) is 35.8 Å². The fraction of sp³-hybridized carbons (Fsp3) is 0.263. The zero-order valence-corrected chi connectivity index (χ0v) is 14.3. The first-order valence-corrected chi connectivity index (χ1v) is 8.53. The topological polar surface area (TPSA) is 91.4 Å². The predicted octanol–water partition coefficient (Wildman–Crippen LogP) is 1.97. The van der Waals surface area contributed by atoms with Crippen LogP contribution in [0.2, 0.25) is 0 Å². The van der Waals surface area contributed by atoms with E-state index in [0.717, 1.165) is 18.7 Å². The SMILES string of the molecule is O=C(CCNC(=O)c1ccc(N2CCCC2=O)cc1)Nc1ccccn1. The molecule has 1 fully saturated rings. The lowest BCUT2D eigenvalue weighted by Gasteiger charge is -2.15. The predicted molar refractivity (Wildman–Crippen MR) is 97.8 cm³/mol. The minimum atomic E-state index is -0.255. The van der Waals surface area contributed by atoms with Gasteiger partial charge in [-0.2, -0.15) is 0 Å². The molecule has 2 N–H and O–H groups in total. The number of rotatable bonds is 6. The van der Waals surface area contributed by atoms with Gasteiger partial charge in [0.1, 0.15) is 5.82 Å². The Hall–Kier alpha value is -3.22. The Labute approximate surface area is 151 Å². The van der Waals surface area contributed by atoms with E-state index in [2.05, 4.69) is 15.6 Å². The Kier molecular flexibility index (Phi) is 5.58. The van der Waals surface area contributed by atoms with E-state index in [-0.39, 0.29) is 30.7 Å². The second kappa shape index (κ2) is 8.24. The first-order valence-electron chi connectivity index (χ1n) is 8.53. The molecule has 7 nitrogen and oxygen atoms in total. The number of hydrogen-bond donors (Lipinski definition) is 2. The number of amides is 3. The maximum atomic E-state index is 12.1. The maximum absolute atomic E-state index is 12.1. The van der Waals surface area contributed by atoms with E-state index in [9.17, 15) is 14.4 Å². The van der Waals surface area contributed by atoms with Gasteiger partial charge < -0.3 is 15.5 Å². The van der Waals surface area contributed by atoms with Crippen molar-refractivity contribution in [2.24, 2.45) is 0 Å². The lowest BCUT2D eigenvalue weighted by atomic mass is 10.2. The molecule has 2 aromatic rings. The molecule has 1 aromatic carbocycles. The third-order valence-electron chi connectivity index (χ3n) is 4.08. The summed E-state index contributed by atoms with van der Waals surface area (Å²) in [4.78, 5) is 41.4. The Morgan fingerprint density at radius 3 is 2.58 bits per heavy atom. The van der Waals surface area contributed by atoms with Gasteiger partial charge in [-0.3, -0.25) is 14.4 Å². The maximum Gasteiger partial charge on any atom is 0.251 e. The van der Waals surface area contributed by atoms with Gasteiger partial charge in [0.15, 0.2) is 0 Å². The summed E-state index contributed by atoms with van der Waals surface area (Å²) in [7, 11) is 0. The second-order valence-electron chi connectivity index (χ2n) is 5.96. The number of anilines is 2. The van der Waals surface area contributed by atoms with Crippen LogP contribution in [0.1, 0.15) is 29.6 Å². The van der Waals surface area contributed by atoms with Crippen LogP contribution in [-0.2, 0) is 9.59 Å². The summed E-state index contributed by atoms with van der Waals surface area (Å²) in [5.74, 6) is 0.124. The fourth-order valence-electron chi connectivity index (χ4n) is 2.75. The van der Waals surface area contributed by atoms with Crippen molar-refractivity contribution in [3.05, 3.63) is 54.2 Å². The minimum Gasteiger partial charge on any atom is -0.352 e. The lowest BCUT2D eigenvalue weighted by Crippen LogP contribution is -2.28. The van der Waals surface area contributed by atoms with Crippen LogP contribution in [0.3, 0.4) is 0 Å². The highest BCUT2D eigenvalue weighted by Crippen LogP contribution is 2.21. The number of carbonyl (C=O) groups is 3. The van der Waals surface area contributed by atoms with Crippen LogP contribution < -0.4 is 15.5 Å². The van der Waals surface area contributed by atoms with Crippen LogP contribution >= 0.6 is 0 Å². The summed E-state index contributed by atoms with van der Waals surface area (Å²) in [5.41, 5.74) is 1.30. The van der Waals surface area contributed by atoms with Crippen LogP contribution in [0.4, 0.5) is 11.5 Å². The van der Waals surface area contributed by atoms with Gasteiger partial charge in [0, 0.05) is 43.4 Å². The zero-order valence-electron chi connectivity index (χ0n) is 14.3. The van der Waals surface area contributed by atoms with E-state index >= 15 is 0 Å². The van der Waals surface area contributed by atoms with Gasteiger partial charge in [0.05, 0.1) is 0 Å². The highest BCUT2D eigenvalue weighted by molar-refractivity contribution is 5.98. The van der Waals surface area contributed by atoms with E-state index in [0.29, 0.717) is 17.8 Å². The summed E-state index contributed by atoms with van der Waals surface area (Å²) < 4.78 is 0. The van der Waals surface area contributed by atoms with E-state index < -0.39 is 0 Å². The van der Waals surface area contributed by atoms with Gasteiger partial charge >= 0.3 is 0 Å². The largest absolute Gasteiger partial charge is 0.352 e. The second-order valence-corrected chi connectivity index (χ2v) is 5.96. The molecule has 0 radical (unpaired) electrons. The molecule has 1 aliphatic heterocycles. The molecule has 0 unspecified atom stereocenters. The molecule has 134 valence electrons. The van der Waals surface area contributed by atoms with Crippen LogP contribution in [0, 0.1) is 0 Å². The quantitative estimate of drug-likeness (QED) is 0.831. The molecule has 3 rings (SSSR count). The molecule has 1 aliphatic rings. The number of nitrogens with one attached hydrogen (secondary N) is 2. The van der Waals surface area contributed by atoms with Crippen molar-refractivity contribution in [2.45, 2.75) is 19.3 Å². The Morgan fingerprint density at radius 2 is 1.92 bits per heavy atom. The molecule has 2 heterocycles. The molecule has 0 spiro atoms. The Balaban J connectivity index is 1.46. The molecule has 0 atom stereocenters. The highest BCUT2D eigenvalue weighted by atomic mass is 16.2. The van der Waals surface area contributed by atoms with Gasteiger partial charge in [0.25, 0.3) is 5.91 Å². The average molecular weight is 352 g/mol. The van der Waals surface area contributed by atoms with Gasteiger partial charge in [-0.25, -0.2) is 4.98 Å². The zero-order chi connectivity index (χ0) is 18.4. The first-order chi connectivity index (χ1) is 12.6. The van der Waals surface area contributed by atoms with E-state index in [1.807, 2.05) is 0 Å². The molecular weight excluding hydrogens is 332 g/mol. The third kappa shape index (κ3) is 4.44. The van der Waals surface area contributed by atoms with Crippen molar-refractivity contribution in [2.75, 3.05) is 23.3 Å². The molecule has 0 aliphatic carbocycles. The summed E-state index contributed by atoms with van der Waals surface area (Å²) in [6.07, 6.45) is 3.18. The fourth-order valence-corrected chi connectivity index (χ4v) is 2.75. The molecule has 7 heteroatoms. The first kappa shape index (κ1) is 17.6. The van der Waals surface area contributed by atoms with Crippen molar-refractivity contribution in [3.63, 3.8) is 0 Å². The minimum absolute atomic E-state index is 0.112. The lowest BCUT2D eigenvalue weighted by molar-refractivity contribution is -0.117. The number of nitrogens with zero attached hydrogens (tertiary/aromatic N) is 2. The van der Waals surface area contributed by atoms with Crippen LogP contribution in [0.25, 0.3) is 0 Å². The Bertz CT molecular complexity index is 790. The van der Waals surface area contributed by atoms with E-state index in [4.69, 9.17) is 0 Å². The molecular formula is C19H20N4O3.